The first-order chi connectivity index (χ1) is 10.1. The number of carbonyl (C=O) groups is 2. The maximum atomic E-state index is 11.6. The molecule has 5 heteroatoms. The minimum Gasteiger partial charge on any atom is -0.480 e. The van der Waals surface area contributed by atoms with Crippen LogP contribution < -0.4 is 10.6 Å². The number of anilines is 1. The number of aliphatic carboxylic acids is 1. The van der Waals surface area contributed by atoms with Gasteiger partial charge in [0.1, 0.15) is 6.04 Å². The number of carboxylic acid groups (broad SMARTS) is 1. The molecule has 1 saturated carbocycles. The molecule has 1 saturated heterocycles. The Morgan fingerprint density at radius 2 is 1.81 bits per heavy atom. The Bertz CT molecular complexity index is 555. The average Bonchev–Trinajstić information content (AvgIpc) is 2.87. The zero-order valence-corrected chi connectivity index (χ0v) is 11.9. The zero-order chi connectivity index (χ0) is 15.0. The van der Waals surface area contributed by atoms with Gasteiger partial charge in [-0.15, -0.1) is 0 Å². The summed E-state index contributed by atoms with van der Waals surface area (Å²) in [6.07, 6.45) is 5.24. The lowest BCUT2D eigenvalue weighted by Gasteiger charge is -2.34. The number of hydrogen-bond donors (Lipinski definition) is 2. The van der Waals surface area contributed by atoms with Crippen LogP contribution in [-0.4, -0.2) is 29.1 Å². The molecular formula is C16H20N2O3. The van der Waals surface area contributed by atoms with Crippen molar-refractivity contribution in [2.24, 2.45) is 11.7 Å². The summed E-state index contributed by atoms with van der Waals surface area (Å²) in [7, 11) is 0. The average molecular weight is 288 g/mol. The van der Waals surface area contributed by atoms with Crippen LogP contribution in [0.4, 0.5) is 5.69 Å². The molecule has 5 nitrogen and oxygen atoms in total. The van der Waals surface area contributed by atoms with Crippen molar-refractivity contribution >= 4 is 17.6 Å². The molecule has 1 aliphatic heterocycles. The van der Waals surface area contributed by atoms with Crippen molar-refractivity contribution in [3.05, 3.63) is 29.8 Å². The van der Waals surface area contributed by atoms with E-state index in [4.69, 9.17) is 5.73 Å². The highest BCUT2D eigenvalue weighted by Gasteiger charge is 2.45. The third kappa shape index (κ3) is 2.48. The summed E-state index contributed by atoms with van der Waals surface area (Å²) >= 11 is 0. The van der Waals surface area contributed by atoms with Gasteiger partial charge in [0.05, 0.1) is 0 Å². The molecule has 3 atom stereocenters. The predicted octanol–water partition coefficient (Wildman–Crippen LogP) is 2.01. The lowest BCUT2D eigenvalue weighted by atomic mass is 9.84. The molecule has 2 aliphatic rings. The molecule has 0 bridgehead atoms. The predicted molar refractivity (Wildman–Crippen MR) is 79.2 cm³/mol. The fourth-order valence-electron chi connectivity index (χ4n) is 3.85. The second-order valence-corrected chi connectivity index (χ2v) is 6.02. The van der Waals surface area contributed by atoms with E-state index in [1.807, 2.05) is 17.0 Å². The van der Waals surface area contributed by atoms with Gasteiger partial charge in [-0.25, -0.2) is 4.79 Å². The van der Waals surface area contributed by atoms with E-state index >= 15 is 0 Å². The van der Waals surface area contributed by atoms with E-state index < -0.39 is 17.9 Å². The standard InChI is InChI=1S/C16H20N2O3/c17-15(19)10-5-7-12(8-6-10)18-13-4-2-1-3-11(13)9-14(18)16(20)21/h5-8,11,13-14H,1-4,9H2,(H2,17,19)(H,20,21). The van der Waals surface area contributed by atoms with Crippen LogP contribution >= 0.6 is 0 Å². The van der Waals surface area contributed by atoms with Gasteiger partial charge >= 0.3 is 5.97 Å². The summed E-state index contributed by atoms with van der Waals surface area (Å²) in [5.74, 6) is -0.757. The number of carbonyl (C=O) groups excluding carboxylic acids is 1. The van der Waals surface area contributed by atoms with Gasteiger partial charge in [-0.1, -0.05) is 12.8 Å². The van der Waals surface area contributed by atoms with Gasteiger partial charge in [-0.3, -0.25) is 4.79 Å². The highest BCUT2D eigenvalue weighted by molar-refractivity contribution is 5.93. The van der Waals surface area contributed by atoms with E-state index in [9.17, 15) is 14.7 Å². The molecule has 0 aromatic heterocycles. The highest BCUT2D eigenvalue weighted by atomic mass is 16.4. The highest BCUT2D eigenvalue weighted by Crippen LogP contribution is 2.42. The number of nitrogens with two attached hydrogens (primary N) is 1. The fourth-order valence-corrected chi connectivity index (χ4v) is 3.85. The fraction of sp³-hybridized carbons (Fsp3) is 0.500. The number of hydrogen-bond acceptors (Lipinski definition) is 3. The Kier molecular flexibility index (Phi) is 3.57. The van der Waals surface area contributed by atoms with Crippen molar-refractivity contribution in [2.45, 2.75) is 44.2 Å². The largest absolute Gasteiger partial charge is 0.480 e. The van der Waals surface area contributed by atoms with Crippen LogP contribution in [0.25, 0.3) is 0 Å². The van der Waals surface area contributed by atoms with Gasteiger partial charge in [-0.2, -0.15) is 0 Å². The molecule has 1 aromatic rings. The molecule has 2 fully saturated rings. The molecule has 3 unspecified atom stereocenters. The molecule has 21 heavy (non-hydrogen) atoms. The Morgan fingerprint density at radius 3 is 2.43 bits per heavy atom. The second-order valence-electron chi connectivity index (χ2n) is 6.02. The van der Waals surface area contributed by atoms with E-state index in [0.717, 1.165) is 31.4 Å². The molecule has 3 rings (SSSR count). The van der Waals surface area contributed by atoms with Crippen molar-refractivity contribution in [2.75, 3.05) is 4.90 Å². The number of fused-ring (bicyclic) bond motifs is 1. The van der Waals surface area contributed by atoms with E-state index in [1.165, 1.54) is 6.42 Å². The molecule has 3 N–H and O–H groups in total. The van der Waals surface area contributed by atoms with Gasteiger partial charge in [0.15, 0.2) is 0 Å². The lowest BCUT2D eigenvalue weighted by molar-refractivity contribution is -0.138. The number of carboxylic acids is 1. The topological polar surface area (TPSA) is 83.6 Å². The number of primary amides is 1. The van der Waals surface area contributed by atoms with Crippen molar-refractivity contribution in [1.29, 1.82) is 0 Å². The van der Waals surface area contributed by atoms with Crippen LogP contribution in [-0.2, 0) is 4.79 Å². The lowest BCUT2D eigenvalue weighted by Crippen LogP contribution is -2.42. The molecule has 1 aliphatic carbocycles. The van der Waals surface area contributed by atoms with E-state index in [-0.39, 0.29) is 0 Å². The summed E-state index contributed by atoms with van der Waals surface area (Å²) in [6, 6.07) is 6.82. The third-order valence-corrected chi connectivity index (χ3v) is 4.82. The van der Waals surface area contributed by atoms with Gasteiger partial charge in [0, 0.05) is 17.3 Å². The van der Waals surface area contributed by atoms with Gasteiger partial charge < -0.3 is 15.7 Å². The van der Waals surface area contributed by atoms with Crippen LogP contribution in [0.3, 0.4) is 0 Å². The monoisotopic (exact) mass is 288 g/mol. The molecule has 0 radical (unpaired) electrons. The van der Waals surface area contributed by atoms with Crippen molar-refractivity contribution in [3.8, 4) is 0 Å². The summed E-state index contributed by atoms with van der Waals surface area (Å²) in [5, 5.41) is 9.52. The summed E-state index contributed by atoms with van der Waals surface area (Å²) in [4.78, 5) is 24.8. The minimum atomic E-state index is -0.761. The molecular weight excluding hydrogens is 268 g/mol. The maximum Gasteiger partial charge on any atom is 0.326 e. The van der Waals surface area contributed by atoms with Crippen LogP contribution in [0.15, 0.2) is 24.3 Å². The van der Waals surface area contributed by atoms with Gasteiger partial charge in [0.2, 0.25) is 5.91 Å². The number of amides is 1. The van der Waals surface area contributed by atoms with Crippen molar-refractivity contribution in [3.63, 3.8) is 0 Å². The molecule has 0 spiro atoms. The zero-order valence-electron chi connectivity index (χ0n) is 11.9. The first kappa shape index (κ1) is 13.9. The molecule has 1 heterocycles. The second kappa shape index (κ2) is 5.39. The summed E-state index contributed by atoms with van der Waals surface area (Å²) in [5.41, 5.74) is 6.58. The summed E-state index contributed by atoms with van der Waals surface area (Å²) < 4.78 is 0. The molecule has 1 amide bonds. The van der Waals surface area contributed by atoms with Crippen molar-refractivity contribution < 1.29 is 14.7 Å². The van der Waals surface area contributed by atoms with Crippen LogP contribution in [0, 0.1) is 5.92 Å². The first-order valence-corrected chi connectivity index (χ1v) is 7.49. The minimum absolute atomic E-state index is 0.305. The number of nitrogens with zero attached hydrogens (tertiary/aromatic N) is 1. The van der Waals surface area contributed by atoms with E-state index in [2.05, 4.69) is 0 Å². The van der Waals surface area contributed by atoms with Crippen LogP contribution in [0.2, 0.25) is 0 Å². The van der Waals surface area contributed by atoms with Gasteiger partial charge in [-0.05, 0) is 49.4 Å². The Balaban J connectivity index is 1.92. The normalized spacial score (nSPS) is 28.2. The van der Waals surface area contributed by atoms with Crippen LogP contribution in [0.1, 0.15) is 42.5 Å². The third-order valence-electron chi connectivity index (χ3n) is 4.82. The quantitative estimate of drug-likeness (QED) is 0.891. The number of benzene rings is 1. The van der Waals surface area contributed by atoms with E-state index in [0.29, 0.717) is 17.5 Å². The SMILES string of the molecule is NC(=O)c1ccc(N2C(C(=O)O)CC3CCCCC32)cc1. The van der Waals surface area contributed by atoms with Crippen molar-refractivity contribution in [1.82, 2.24) is 0 Å². The molecule has 112 valence electrons. The summed E-state index contributed by atoms with van der Waals surface area (Å²) in [6.45, 7) is 0. The Hall–Kier alpha value is -2.04. The van der Waals surface area contributed by atoms with Crippen LogP contribution in [0.5, 0.6) is 0 Å². The number of rotatable bonds is 3. The Morgan fingerprint density at radius 1 is 1.14 bits per heavy atom. The smallest absolute Gasteiger partial charge is 0.326 e. The maximum absolute atomic E-state index is 11.6. The van der Waals surface area contributed by atoms with E-state index in [1.54, 1.807) is 12.1 Å². The molecule has 1 aromatic carbocycles. The first-order valence-electron chi connectivity index (χ1n) is 7.49. The Labute approximate surface area is 123 Å². The van der Waals surface area contributed by atoms with Gasteiger partial charge in [0.25, 0.3) is 0 Å².